The van der Waals surface area contributed by atoms with Crippen molar-refractivity contribution >= 4 is 23.4 Å². The van der Waals surface area contributed by atoms with Crippen molar-refractivity contribution in [2.24, 2.45) is 0 Å². The van der Waals surface area contributed by atoms with Gasteiger partial charge in [0, 0.05) is 31.9 Å². The van der Waals surface area contributed by atoms with Crippen LogP contribution in [0.1, 0.15) is 25.3 Å². The standard InChI is InChI=1S/C22H25FN6OS/c1-16(2)17-3-7-20(8-4-17)29-22(24-25-26-29)31-15-21(30)28-13-11-27(12-14-28)19-9-5-18(23)6-10-19/h3-10,16H,11-15H2,1-2H3. The lowest BCUT2D eigenvalue weighted by Crippen LogP contribution is -2.49. The van der Waals surface area contributed by atoms with Gasteiger partial charge in [0.2, 0.25) is 11.1 Å². The van der Waals surface area contributed by atoms with E-state index in [0.717, 1.165) is 24.5 Å². The zero-order valence-corrected chi connectivity index (χ0v) is 18.4. The van der Waals surface area contributed by atoms with Gasteiger partial charge in [0.15, 0.2) is 0 Å². The highest BCUT2D eigenvalue weighted by Gasteiger charge is 2.22. The Kier molecular flexibility index (Phi) is 6.50. The molecule has 31 heavy (non-hydrogen) atoms. The largest absolute Gasteiger partial charge is 0.368 e. The Hall–Kier alpha value is -2.94. The number of tetrazole rings is 1. The molecular formula is C22H25FN6OS. The maximum Gasteiger partial charge on any atom is 0.233 e. The van der Waals surface area contributed by atoms with Crippen LogP contribution in [0, 0.1) is 5.82 Å². The summed E-state index contributed by atoms with van der Waals surface area (Å²) in [6, 6.07) is 14.6. The number of piperazine rings is 1. The van der Waals surface area contributed by atoms with Gasteiger partial charge in [-0.1, -0.05) is 37.7 Å². The minimum absolute atomic E-state index is 0.0634. The predicted molar refractivity (Wildman–Crippen MR) is 119 cm³/mol. The molecule has 1 amide bonds. The first-order valence-corrected chi connectivity index (χ1v) is 11.3. The number of anilines is 1. The minimum atomic E-state index is -0.243. The van der Waals surface area contributed by atoms with Crippen LogP contribution in [-0.4, -0.2) is 62.9 Å². The SMILES string of the molecule is CC(C)c1ccc(-n2nnnc2SCC(=O)N2CCN(c3ccc(F)cc3)CC2)cc1. The molecule has 3 aromatic rings. The second kappa shape index (κ2) is 9.47. The first-order chi connectivity index (χ1) is 15.0. The van der Waals surface area contributed by atoms with E-state index in [9.17, 15) is 9.18 Å². The lowest BCUT2D eigenvalue weighted by atomic mass is 10.0. The predicted octanol–water partition coefficient (Wildman–Crippen LogP) is 3.37. The van der Waals surface area contributed by atoms with Gasteiger partial charge in [0.25, 0.3) is 0 Å². The quantitative estimate of drug-likeness (QED) is 0.548. The Morgan fingerprint density at radius 1 is 1.00 bits per heavy atom. The van der Waals surface area contributed by atoms with E-state index in [1.54, 1.807) is 16.8 Å². The molecule has 0 N–H and O–H groups in total. The monoisotopic (exact) mass is 440 g/mol. The average molecular weight is 441 g/mol. The summed E-state index contributed by atoms with van der Waals surface area (Å²) in [4.78, 5) is 16.7. The first-order valence-electron chi connectivity index (χ1n) is 10.3. The number of halogens is 1. The third-order valence-corrected chi connectivity index (χ3v) is 6.30. The van der Waals surface area contributed by atoms with E-state index in [4.69, 9.17) is 0 Å². The third kappa shape index (κ3) is 5.04. The van der Waals surface area contributed by atoms with E-state index < -0.39 is 0 Å². The maximum atomic E-state index is 13.1. The molecule has 2 aromatic carbocycles. The highest BCUT2D eigenvalue weighted by Crippen LogP contribution is 2.22. The molecule has 1 aromatic heterocycles. The number of carbonyl (C=O) groups is 1. The Morgan fingerprint density at radius 3 is 2.29 bits per heavy atom. The molecule has 0 saturated carbocycles. The van der Waals surface area contributed by atoms with Crippen LogP contribution in [0.25, 0.3) is 5.69 Å². The third-order valence-electron chi connectivity index (χ3n) is 5.39. The summed E-state index contributed by atoms with van der Waals surface area (Å²) >= 11 is 1.34. The van der Waals surface area contributed by atoms with E-state index in [1.165, 1.54) is 29.5 Å². The normalized spacial score (nSPS) is 14.3. The molecule has 162 valence electrons. The maximum absolute atomic E-state index is 13.1. The van der Waals surface area contributed by atoms with Crippen molar-refractivity contribution in [3.8, 4) is 5.69 Å². The van der Waals surface area contributed by atoms with Gasteiger partial charge in [-0.2, -0.15) is 4.68 Å². The fraction of sp³-hybridized carbons (Fsp3) is 0.364. The molecule has 0 bridgehead atoms. The van der Waals surface area contributed by atoms with Crippen molar-refractivity contribution in [1.29, 1.82) is 0 Å². The highest BCUT2D eigenvalue weighted by molar-refractivity contribution is 7.99. The molecular weight excluding hydrogens is 415 g/mol. The van der Waals surface area contributed by atoms with Crippen LogP contribution in [0.2, 0.25) is 0 Å². The van der Waals surface area contributed by atoms with Crippen molar-refractivity contribution in [1.82, 2.24) is 25.1 Å². The number of carbonyl (C=O) groups excluding carboxylic acids is 1. The molecule has 0 atom stereocenters. The van der Waals surface area contributed by atoms with E-state index in [2.05, 4.69) is 46.4 Å². The van der Waals surface area contributed by atoms with Gasteiger partial charge in [0.05, 0.1) is 11.4 Å². The molecule has 0 spiro atoms. The fourth-order valence-corrected chi connectivity index (χ4v) is 4.31. The second-order valence-electron chi connectivity index (χ2n) is 7.75. The zero-order chi connectivity index (χ0) is 21.8. The lowest BCUT2D eigenvalue weighted by molar-refractivity contribution is -0.128. The van der Waals surface area contributed by atoms with Gasteiger partial charge in [-0.15, -0.1) is 5.10 Å². The summed E-state index contributed by atoms with van der Waals surface area (Å²) in [6.45, 7) is 7.03. The summed E-state index contributed by atoms with van der Waals surface area (Å²) in [5.74, 6) is 0.556. The molecule has 1 aliphatic rings. The number of nitrogens with zero attached hydrogens (tertiary/aromatic N) is 6. The Balaban J connectivity index is 1.32. The zero-order valence-electron chi connectivity index (χ0n) is 17.6. The molecule has 1 aliphatic heterocycles. The van der Waals surface area contributed by atoms with Crippen LogP contribution < -0.4 is 4.90 Å². The first kappa shape index (κ1) is 21.3. The number of rotatable bonds is 6. The van der Waals surface area contributed by atoms with Crippen LogP contribution >= 0.6 is 11.8 Å². The van der Waals surface area contributed by atoms with Gasteiger partial charge < -0.3 is 9.80 Å². The number of hydrogen-bond acceptors (Lipinski definition) is 6. The van der Waals surface area contributed by atoms with Crippen LogP contribution in [-0.2, 0) is 4.79 Å². The summed E-state index contributed by atoms with van der Waals surface area (Å²) in [7, 11) is 0. The smallest absolute Gasteiger partial charge is 0.233 e. The van der Waals surface area contributed by atoms with E-state index in [1.807, 2.05) is 17.0 Å². The Morgan fingerprint density at radius 2 is 1.65 bits per heavy atom. The van der Waals surface area contributed by atoms with Crippen molar-refractivity contribution in [3.63, 3.8) is 0 Å². The fourth-order valence-electron chi connectivity index (χ4n) is 3.51. The second-order valence-corrected chi connectivity index (χ2v) is 8.69. The van der Waals surface area contributed by atoms with Crippen molar-refractivity contribution in [2.45, 2.75) is 24.9 Å². The van der Waals surface area contributed by atoms with Gasteiger partial charge in [-0.05, 0) is 58.3 Å². The Labute approximate surface area is 185 Å². The summed E-state index contributed by atoms with van der Waals surface area (Å²) in [5, 5.41) is 12.5. The molecule has 9 heteroatoms. The van der Waals surface area contributed by atoms with E-state index in [-0.39, 0.29) is 17.5 Å². The molecule has 2 heterocycles. The average Bonchev–Trinajstić information content (AvgIpc) is 3.27. The van der Waals surface area contributed by atoms with E-state index >= 15 is 0 Å². The van der Waals surface area contributed by atoms with Crippen LogP contribution in [0.5, 0.6) is 0 Å². The minimum Gasteiger partial charge on any atom is -0.368 e. The topological polar surface area (TPSA) is 67.2 Å². The molecule has 0 unspecified atom stereocenters. The van der Waals surface area contributed by atoms with Crippen molar-refractivity contribution < 1.29 is 9.18 Å². The number of benzene rings is 2. The molecule has 0 aliphatic carbocycles. The molecule has 1 fully saturated rings. The molecule has 7 nitrogen and oxygen atoms in total. The number of thioether (sulfide) groups is 1. The summed E-state index contributed by atoms with van der Waals surface area (Å²) in [5.41, 5.74) is 3.10. The molecule has 4 rings (SSSR count). The summed E-state index contributed by atoms with van der Waals surface area (Å²) in [6.07, 6.45) is 0. The van der Waals surface area contributed by atoms with Crippen LogP contribution in [0.3, 0.4) is 0 Å². The van der Waals surface area contributed by atoms with Gasteiger partial charge in [-0.25, -0.2) is 4.39 Å². The van der Waals surface area contributed by atoms with Crippen molar-refractivity contribution in [2.75, 3.05) is 36.8 Å². The number of hydrogen-bond donors (Lipinski definition) is 0. The number of amides is 1. The summed E-state index contributed by atoms with van der Waals surface area (Å²) < 4.78 is 14.8. The van der Waals surface area contributed by atoms with E-state index in [0.29, 0.717) is 24.2 Å². The lowest BCUT2D eigenvalue weighted by Gasteiger charge is -2.36. The van der Waals surface area contributed by atoms with Crippen LogP contribution in [0.4, 0.5) is 10.1 Å². The highest BCUT2D eigenvalue weighted by atomic mass is 32.2. The number of aromatic nitrogens is 4. The molecule has 0 radical (unpaired) electrons. The van der Waals surface area contributed by atoms with Gasteiger partial charge >= 0.3 is 0 Å². The Bertz CT molecular complexity index is 1010. The van der Waals surface area contributed by atoms with Gasteiger partial charge in [-0.3, -0.25) is 4.79 Å². The van der Waals surface area contributed by atoms with Crippen molar-refractivity contribution in [3.05, 3.63) is 59.9 Å². The van der Waals surface area contributed by atoms with Crippen LogP contribution in [0.15, 0.2) is 53.7 Å². The molecule has 1 saturated heterocycles. The van der Waals surface area contributed by atoms with Gasteiger partial charge in [0.1, 0.15) is 5.82 Å².